The molecule has 3 aromatic rings. The molecule has 1 aliphatic carbocycles. The van der Waals surface area contributed by atoms with E-state index in [0.29, 0.717) is 34.5 Å². The van der Waals surface area contributed by atoms with E-state index in [1.54, 1.807) is 7.05 Å². The number of benzene rings is 1. The number of anilines is 2. The summed E-state index contributed by atoms with van der Waals surface area (Å²) < 4.78 is 28.9. The Morgan fingerprint density at radius 3 is 2.74 bits per heavy atom. The summed E-state index contributed by atoms with van der Waals surface area (Å²) in [6.45, 7) is 0. The molecule has 4 rings (SSSR count). The first-order chi connectivity index (χ1) is 11.0. The zero-order valence-corrected chi connectivity index (χ0v) is 12.3. The fraction of sp³-hybridized carbons (Fsp3) is 0.267. The van der Waals surface area contributed by atoms with Crippen molar-refractivity contribution in [2.45, 2.75) is 18.9 Å². The number of nitrogen functional groups attached to an aromatic ring is 1. The third-order valence-electron chi connectivity index (χ3n) is 3.84. The van der Waals surface area contributed by atoms with Gasteiger partial charge in [-0.2, -0.15) is 10.1 Å². The number of aryl methyl sites for hydroxylation is 1. The number of hydrogen-bond acceptors (Lipinski definition) is 5. The first kappa shape index (κ1) is 13.9. The quantitative estimate of drug-likeness (QED) is 0.776. The molecule has 118 valence electrons. The van der Waals surface area contributed by atoms with Crippen LogP contribution in [0.5, 0.6) is 0 Å². The summed E-state index contributed by atoms with van der Waals surface area (Å²) in [5.74, 6) is -0.647. The number of fused-ring (bicyclic) bond motifs is 1. The summed E-state index contributed by atoms with van der Waals surface area (Å²) in [7, 11) is 1.68. The third kappa shape index (κ3) is 2.36. The Morgan fingerprint density at radius 1 is 1.26 bits per heavy atom. The molecule has 0 unspecified atom stereocenters. The Hall–Kier alpha value is -2.77. The van der Waals surface area contributed by atoms with Crippen LogP contribution in [0.4, 0.5) is 20.5 Å². The maximum absolute atomic E-state index is 14.2. The lowest BCUT2D eigenvalue weighted by atomic mass is 10.1. The fourth-order valence-electron chi connectivity index (χ4n) is 2.47. The first-order valence-corrected chi connectivity index (χ1v) is 7.25. The molecule has 0 amide bonds. The molecule has 2 heterocycles. The molecule has 6 nitrogen and oxygen atoms in total. The zero-order chi connectivity index (χ0) is 16.1. The van der Waals surface area contributed by atoms with Gasteiger partial charge in [0.05, 0.1) is 11.1 Å². The molecule has 0 bridgehead atoms. The summed E-state index contributed by atoms with van der Waals surface area (Å²) in [5.41, 5.74) is 6.87. The molecule has 3 N–H and O–H groups in total. The van der Waals surface area contributed by atoms with Crippen LogP contribution in [0.3, 0.4) is 0 Å². The van der Waals surface area contributed by atoms with E-state index in [-0.39, 0.29) is 5.56 Å². The molecule has 8 heteroatoms. The van der Waals surface area contributed by atoms with Crippen LogP contribution in [-0.2, 0) is 7.05 Å². The van der Waals surface area contributed by atoms with Gasteiger partial charge in [-0.25, -0.2) is 13.8 Å². The van der Waals surface area contributed by atoms with E-state index in [2.05, 4.69) is 20.4 Å². The van der Waals surface area contributed by atoms with Gasteiger partial charge in [0.25, 0.3) is 0 Å². The van der Waals surface area contributed by atoms with Crippen molar-refractivity contribution in [2.24, 2.45) is 7.05 Å². The van der Waals surface area contributed by atoms with Crippen LogP contribution < -0.4 is 11.1 Å². The van der Waals surface area contributed by atoms with Gasteiger partial charge >= 0.3 is 0 Å². The van der Waals surface area contributed by atoms with Crippen LogP contribution in [0, 0.1) is 11.6 Å². The second kappa shape index (κ2) is 4.87. The molecule has 0 atom stereocenters. The molecule has 23 heavy (non-hydrogen) atoms. The number of rotatable bonds is 3. The fourth-order valence-corrected chi connectivity index (χ4v) is 2.47. The van der Waals surface area contributed by atoms with Crippen LogP contribution in [0.1, 0.15) is 12.8 Å². The smallest absolute Gasteiger partial charge is 0.225 e. The highest BCUT2D eigenvalue weighted by atomic mass is 19.1. The second-order valence-electron chi connectivity index (χ2n) is 5.65. The summed E-state index contributed by atoms with van der Waals surface area (Å²) in [6.07, 6.45) is 2.10. The second-order valence-corrected chi connectivity index (χ2v) is 5.65. The summed E-state index contributed by atoms with van der Waals surface area (Å²) in [5, 5.41) is 7.87. The minimum absolute atomic E-state index is 0.164. The lowest BCUT2D eigenvalue weighted by Crippen LogP contribution is -2.07. The number of nitrogens with two attached hydrogens (primary N) is 1. The molecule has 1 saturated carbocycles. The predicted molar refractivity (Wildman–Crippen MR) is 82.7 cm³/mol. The number of hydrogen-bond donors (Lipinski definition) is 2. The van der Waals surface area contributed by atoms with Crippen LogP contribution >= 0.6 is 0 Å². The van der Waals surface area contributed by atoms with Gasteiger partial charge in [0.1, 0.15) is 17.5 Å². The van der Waals surface area contributed by atoms with Crippen LogP contribution in [0.15, 0.2) is 18.2 Å². The van der Waals surface area contributed by atoms with Crippen molar-refractivity contribution in [3.63, 3.8) is 0 Å². The van der Waals surface area contributed by atoms with Crippen molar-refractivity contribution in [1.82, 2.24) is 19.7 Å². The van der Waals surface area contributed by atoms with Gasteiger partial charge < -0.3 is 11.1 Å². The largest absolute Gasteiger partial charge is 0.383 e. The average molecular weight is 316 g/mol. The van der Waals surface area contributed by atoms with Gasteiger partial charge in [-0.3, -0.25) is 4.68 Å². The lowest BCUT2D eigenvalue weighted by Gasteiger charge is -2.08. The molecular weight excluding hydrogens is 302 g/mol. The van der Waals surface area contributed by atoms with Crippen LogP contribution in [0.25, 0.3) is 22.3 Å². The molecule has 1 fully saturated rings. The van der Waals surface area contributed by atoms with E-state index in [0.717, 1.165) is 18.9 Å². The Labute approximate surface area is 130 Å². The van der Waals surface area contributed by atoms with Crippen molar-refractivity contribution in [2.75, 3.05) is 11.1 Å². The normalized spacial score (nSPS) is 14.4. The Bertz CT molecular complexity index is 916. The van der Waals surface area contributed by atoms with Crippen LogP contribution in [0.2, 0.25) is 0 Å². The number of nitrogens with zero attached hydrogens (tertiary/aromatic N) is 4. The lowest BCUT2D eigenvalue weighted by molar-refractivity contribution is 0.585. The molecule has 1 aliphatic rings. The Morgan fingerprint density at radius 2 is 2.04 bits per heavy atom. The maximum Gasteiger partial charge on any atom is 0.225 e. The van der Waals surface area contributed by atoms with E-state index < -0.39 is 11.6 Å². The van der Waals surface area contributed by atoms with Gasteiger partial charge in [0.2, 0.25) is 5.95 Å². The van der Waals surface area contributed by atoms with E-state index in [9.17, 15) is 8.78 Å². The minimum Gasteiger partial charge on any atom is -0.383 e. The van der Waals surface area contributed by atoms with Gasteiger partial charge in [-0.05, 0) is 25.0 Å². The molecule has 1 aromatic carbocycles. The first-order valence-electron chi connectivity index (χ1n) is 7.25. The Kier molecular flexibility index (Phi) is 2.93. The van der Waals surface area contributed by atoms with Crippen molar-refractivity contribution in [3.05, 3.63) is 29.8 Å². The number of halogens is 2. The Balaban J connectivity index is 1.97. The molecule has 0 spiro atoms. The van der Waals surface area contributed by atoms with E-state index in [4.69, 9.17) is 5.73 Å². The third-order valence-corrected chi connectivity index (χ3v) is 3.84. The van der Waals surface area contributed by atoms with E-state index in [1.807, 2.05) is 0 Å². The predicted octanol–water partition coefficient (Wildman–Crippen LogP) is 2.46. The van der Waals surface area contributed by atoms with Crippen molar-refractivity contribution in [3.8, 4) is 11.3 Å². The van der Waals surface area contributed by atoms with Gasteiger partial charge in [0.15, 0.2) is 5.65 Å². The van der Waals surface area contributed by atoms with E-state index in [1.165, 1.54) is 16.8 Å². The minimum atomic E-state index is -0.703. The topological polar surface area (TPSA) is 81.7 Å². The van der Waals surface area contributed by atoms with Crippen LogP contribution in [-0.4, -0.2) is 25.8 Å². The van der Waals surface area contributed by atoms with Crippen molar-refractivity contribution < 1.29 is 8.78 Å². The number of aromatic nitrogens is 4. The summed E-state index contributed by atoms with van der Waals surface area (Å²) in [4.78, 5) is 8.74. The SMILES string of the molecule is Cn1nc2nc(NC3CC3)nc(-c3ccc(F)cc3F)c2c1N. The van der Waals surface area contributed by atoms with Gasteiger partial charge in [-0.15, -0.1) is 0 Å². The van der Waals surface area contributed by atoms with Crippen molar-refractivity contribution in [1.29, 1.82) is 0 Å². The molecular formula is C15H14F2N6. The van der Waals surface area contributed by atoms with Crippen molar-refractivity contribution >= 4 is 22.8 Å². The molecule has 0 aliphatic heterocycles. The summed E-state index contributed by atoms with van der Waals surface area (Å²) >= 11 is 0. The van der Waals surface area contributed by atoms with Gasteiger partial charge in [-0.1, -0.05) is 0 Å². The maximum atomic E-state index is 14.2. The highest BCUT2D eigenvalue weighted by molar-refractivity contribution is 5.99. The van der Waals surface area contributed by atoms with E-state index >= 15 is 0 Å². The summed E-state index contributed by atoms with van der Waals surface area (Å²) in [6, 6.07) is 3.69. The monoisotopic (exact) mass is 316 g/mol. The molecule has 0 saturated heterocycles. The average Bonchev–Trinajstić information content (AvgIpc) is 3.25. The number of nitrogens with one attached hydrogen (secondary N) is 1. The zero-order valence-electron chi connectivity index (χ0n) is 12.3. The standard InChI is InChI=1S/C15H14F2N6/c1-23-13(18)11-12(9-5-2-7(16)6-10(9)17)20-15(19-8-3-4-8)21-14(11)22-23/h2,5-6,8H,3-4,18H2,1H3,(H,19,21,22). The molecule has 0 radical (unpaired) electrons. The van der Waals surface area contributed by atoms with Gasteiger partial charge in [0, 0.05) is 24.7 Å². The highest BCUT2D eigenvalue weighted by Crippen LogP contribution is 2.33. The highest BCUT2D eigenvalue weighted by Gasteiger charge is 2.24. The molecule has 2 aromatic heterocycles.